The number of benzene rings is 3. The van der Waals surface area contributed by atoms with E-state index in [1.807, 2.05) is 55.5 Å². The van der Waals surface area contributed by atoms with Crippen LogP contribution >= 0.6 is 11.6 Å². The SMILES string of the molecule is C=C(C)/C=C/c1ccc(/C(=C(\c2ccc(C#N)cc2Cl)C2CC2)c2ccc(N)c(C(=N)F)c2)cc1. The monoisotopic (exact) mass is 481 g/mol. The Morgan fingerprint density at radius 3 is 2.34 bits per heavy atom. The van der Waals surface area contributed by atoms with Crippen molar-refractivity contribution in [1.82, 2.24) is 0 Å². The maximum absolute atomic E-state index is 14.0. The van der Waals surface area contributed by atoms with Crippen molar-refractivity contribution in [2.75, 3.05) is 5.73 Å². The van der Waals surface area contributed by atoms with Crippen LogP contribution < -0.4 is 5.73 Å². The van der Waals surface area contributed by atoms with Gasteiger partial charge in [-0.25, -0.2) is 0 Å². The largest absolute Gasteiger partial charge is 0.398 e. The highest BCUT2D eigenvalue weighted by molar-refractivity contribution is 6.33. The molecule has 1 saturated carbocycles. The fourth-order valence-electron chi connectivity index (χ4n) is 4.11. The summed E-state index contributed by atoms with van der Waals surface area (Å²) in [6.45, 7) is 5.84. The zero-order chi connectivity index (χ0) is 25.1. The van der Waals surface area contributed by atoms with Gasteiger partial charge < -0.3 is 5.73 Å². The number of halogens is 2. The zero-order valence-electron chi connectivity index (χ0n) is 19.4. The van der Waals surface area contributed by atoms with Crippen molar-refractivity contribution in [3.05, 3.63) is 117 Å². The van der Waals surface area contributed by atoms with Crippen molar-refractivity contribution >= 4 is 40.5 Å². The lowest BCUT2D eigenvalue weighted by molar-refractivity contribution is 0.798. The Balaban J connectivity index is 1.98. The number of hydrogen-bond donors (Lipinski definition) is 2. The second kappa shape index (κ2) is 10.1. The standard InChI is InChI=1S/C30H25ClFN3/c1-18(2)3-4-19-5-8-21(9-6-19)28(23-12-14-27(34)25(16-23)30(32)35)29(22-10-11-22)24-13-7-20(17-33)15-26(24)31/h3-9,12-16,22,35H,1,10-11,34H2,2H3/b4-3+,29-28+,35-30?. The number of anilines is 1. The number of nitrogens with zero attached hydrogens (tertiary/aromatic N) is 1. The predicted octanol–water partition coefficient (Wildman–Crippen LogP) is 8.05. The molecule has 0 aliphatic heterocycles. The van der Waals surface area contributed by atoms with Crippen LogP contribution in [0.4, 0.5) is 10.1 Å². The van der Waals surface area contributed by atoms with Crippen molar-refractivity contribution in [3.63, 3.8) is 0 Å². The molecule has 35 heavy (non-hydrogen) atoms. The Labute approximate surface area is 210 Å². The van der Waals surface area contributed by atoms with Crippen LogP contribution in [0.1, 0.15) is 53.1 Å². The van der Waals surface area contributed by atoms with Gasteiger partial charge in [0, 0.05) is 10.7 Å². The molecular formula is C30H25ClFN3. The van der Waals surface area contributed by atoms with Crippen LogP contribution in [0.3, 0.4) is 0 Å². The molecule has 0 saturated heterocycles. The lowest BCUT2D eigenvalue weighted by Crippen LogP contribution is -2.03. The van der Waals surface area contributed by atoms with Gasteiger partial charge in [0.05, 0.1) is 17.2 Å². The fraction of sp³-hybridized carbons (Fsp3) is 0.133. The summed E-state index contributed by atoms with van der Waals surface area (Å²) >= 11 is 6.68. The van der Waals surface area contributed by atoms with Crippen LogP contribution in [0, 0.1) is 22.7 Å². The summed E-state index contributed by atoms with van der Waals surface area (Å²) in [5.74, 6) is -0.794. The third-order valence-corrected chi connectivity index (χ3v) is 6.29. The zero-order valence-corrected chi connectivity index (χ0v) is 20.2. The summed E-state index contributed by atoms with van der Waals surface area (Å²) in [6, 6.07) is 20.7. The van der Waals surface area contributed by atoms with Crippen LogP contribution in [0.2, 0.25) is 5.02 Å². The van der Waals surface area contributed by atoms with Gasteiger partial charge in [0.1, 0.15) is 0 Å². The first kappa shape index (κ1) is 24.2. The van der Waals surface area contributed by atoms with Crippen molar-refractivity contribution in [2.24, 2.45) is 5.92 Å². The van der Waals surface area contributed by atoms with Gasteiger partial charge in [0.25, 0.3) is 0 Å². The van der Waals surface area contributed by atoms with Crippen molar-refractivity contribution in [1.29, 1.82) is 10.7 Å². The molecule has 1 fully saturated rings. The lowest BCUT2D eigenvalue weighted by atomic mass is 9.85. The number of nitrogens with one attached hydrogen (secondary N) is 1. The van der Waals surface area contributed by atoms with E-state index in [1.54, 1.807) is 24.3 Å². The maximum atomic E-state index is 14.0. The van der Waals surface area contributed by atoms with Crippen molar-refractivity contribution in [3.8, 4) is 6.07 Å². The summed E-state index contributed by atoms with van der Waals surface area (Å²) in [4.78, 5) is 0. The van der Waals surface area contributed by atoms with E-state index in [-0.39, 0.29) is 17.2 Å². The molecule has 0 spiro atoms. The molecule has 3 aromatic rings. The fourth-order valence-corrected chi connectivity index (χ4v) is 4.40. The van der Waals surface area contributed by atoms with Gasteiger partial charge in [-0.15, -0.1) is 0 Å². The van der Waals surface area contributed by atoms with Crippen LogP contribution in [0.15, 0.2) is 78.9 Å². The molecule has 0 aromatic heterocycles. The van der Waals surface area contributed by atoms with Crippen LogP contribution in [-0.2, 0) is 0 Å². The van der Waals surface area contributed by atoms with E-state index in [0.717, 1.165) is 51.8 Å². The average molecular weight is 482 g/mol. The Kier molecular flexibility index (Phi) is 7.00. The number of nitriles is 1. The van der Waals surface area contributed by atoms with Crippen molar-refractivity contribution in [2.45, 2.75) is 19.8 Å². The summed E-state index contributed by atoms with van der Waals surface area (Å²) in [5, 5.41) is 17.3. The van der Waals surface area contributed by atoms with Gasteiger partial charge in [0.15, 0.2) is 0 Å². The molecule has 3 N–H and O–H groups in total. The predicted molar refractivity (Wildman–Crippen MR) is 144 cm³/mol. The molecule has 0 heterocycles. The van der Waals surface area contributed by atoms with Gasteiger partial charge in [-0.05, 0) is 83.3 Å². The van der Waals surface area contributed by atoms with E-state index in [4.69, 9.17) is 22.7 Å². The Morgan fingerprint density at radius 1 is 1.09 bits per heavy atom. The third-order valence-electron chi connectivity index (χ3n) is 5.98. The smallest absolute Gasteiger partial charge is 0.214 e. The van der Waals surface area contributed by atoms with Gasteiger partial charge in [0.2, 0.25) is 5.97 Å². The maximum Gasteiger partial charge on any atom is 0.214 e. The van der Waals surface area contributed by atoms with E-state index in [2.05, 4.69) is 12.6 Å². The molecule has 0 radical (unpaired) electrons. The third kappa shape index (κ3) is 5.42. The van der Waals surface area contributed by atoms with Crippen LogP contribution in [-0.4, -0.2) is 5.97 Å². The van der Waals surface area contributed by atoms with Crippen LogP contribution in [0.5, 0.6) is 0 Å². The first-order valence-electron chi connectivity index (χ1n) is 11.3. The Hall–Kier alpha value is -3.94. The first-order valence-corrected chi connectivity index (χ1v) is 11.7. The highest BCUT2D eigenvalue weighted by Gasteiger charge is 2.32. The molecule has 4 rings (SSSR count). The number of hydrogen-bond acceptors (Lipinski definition) is 3. The molecule has 1 aliphatic rings. The second-order valence-corrected chi connectivity index (χ2v) is 9.19. The second-order valence-electron chi connectivity index (χ2n) is 8.79. The minimum atomic E-state index is -1.08. The number of nitrogens with two attached hydrogens (primary N) is 1. The van der Waals surface area contributed by atoms with Gasteiger partial charge >= 0.3 is 0 Å². The molecule has 174 valence electrons. The van der Waals surface area contributed by atoms with E-state index in [1.165, 1.54) is 0 Å². The lowest BCUT2D eigenvalue weighted by Gasteiger charge is -2.19. The highest BCUT2D eigenvalue weighted by atomic mass is 35.5. The average Bonchev–Trinajstić information content (AvgIpc) is 3.67. The topological polar surface area (TPSA) is 73.7 Å². The first-order chi connectivity index (χ1) is 16.8. The van der Waals surface area contributed by atoms with E-state index in [9.17, 15) is 9.65 Å². The molecule has 0 atom stereocenters. The van der Waals surface area contributed by atoms with E-state index in [0.29, 0.717) is 10.6 Å². The highest BCUT2D eigenvalue weighted by Crippen LogP contribution is 2.49. The van der Waals surface area contributed by atoms with E-state index < -0.39 is 5.97 Å². The summed E-state index contributed by atoms with van der Waals surface area (Å²) in [7, 11) is 0. The molecule has 0 amide bonds. The minimum absolute atomic E-state index is 0.0575. The molecule has 0 unspecified atom stereocenters. The van der Waals surface area contributed by atoms with E-state index >= 15 is 0 Å². The van der Waals surface area contributed by atoms with Gasteiger partial charge in [-0.1, -0.05) is 72.3 Å². The number of allylic oxidation sites excluding steroid dienone is 3. The normalized spacial score (nSPS) is 13.9. The van der Waals surface area contributed by atoms with Gasteiger partial charge in [-0.2, -0.15) is 9.65 Å². The molecule has 0 bridgehead atoms. The molecule has 1 aliphatic carbocycles. The molecule has 3 nitrogen and oxygen atoms in total. The van der Waals surface area contributed by atoms with Crippen LogP contribution in [0.25, 0.3) is 17.2 Å². The summed E-state index contributed by atoms with van der Waals surface area (Å²) < 4.78 is 14.0. The molecular weight excluding hydrogens is 457 g/mol. The number of nitrogen functional groups attached to an aromatic ring is 1. The van der Waals surface area contributed by atoms with Gasteiger partial charge in [-0.3, -0.25) is 5.41 Å². The Morgan fingerprint density at radius 2 is 1.77 bits per heavy atom. The summed E-state index contributed by atoms with van der Waals surface area (Å²) in [5.41, 5.74) is 13.2. The summed E-state index contributed by atoms with van der Waals surface area (Å²) in [6.07, 6.45) is 5.97. The Bertz CT molecular complexity index is 1420. The molecule has 3 aromatic carbocycles. The van der Waals surface area contributed by atoms with Crippen molar-refractivity contribution < 1.29 is 4.39 Å². The minimum Gasteiger partial charge on any atom is -0.398 e. The number of rotatable bonds is 7. The molecule has 5 heteroatoms. The quantitative estimate of drug-likeness (QED) is 0.155.